The third-order valence-corrected chi connectivity index (χ3v) is 7.72. The fourth-order valence-electron chi connectivity index (χ4n) is 6.58. The second-order valence-electron chi connectivity index (χ2n) is 8.97. The highest BCUT2D eigenvalue weighted by molar-refractivity contribution is 5.81. The van der Waals surface area contributed by atoms with Crippen LogP contribution in [0.1, 0.15) is 118 Å². The summed E-state index contributed by atoms with van der Waals surface area (Å²) in [7, 11) is 0. The summed E-state index contributed by atoms with van der Waals surface area (Å²) in [5.41, 5.74) is 5.88. The smallest absolute Gasteiger partial charge is 0.0540 e. The van der Waals surface area contributed by atoms with E-state index in [9.17, 15) is 10.2 Å². The second-order valence-corrected chi connectivity index (χ2v) is 8.97. The summed E-state index contributed by atoms with van der Waals surface area (Å²) in [6, 6.07) is 18.1. The molecule has 2 fully saturated rings. The van der Waals surface area contributed by atoms with Crippen LogP contribution < -0.4 is 0 Å². The van der Waals surface area contributed by atoms with E-state index in [1.165, 1.54) is 22.3 Å². The Bertz CT molecular complexity index is 742. The molecule has 2 aromatic rings. The summed E-state index contributed by atoms with van der Waals surface area (Å²) in [4.78, 5) is 0. The normalized spacial score (nSPS) is 25.3. The molecule has 0 bridgehead atoms. The topological polar surface area (TPSA) is 40.5 Å². The van der Waals surface area contributed by atoms with Gasteiger partial charge in [0.25, 0.3) is 0 Å². The fraction of sp³-hybridized carbons (Fsp3) is 0.636. The lowest BCUT2D eigenvalue weighted by molar-refractivity contribution is 0.0436. The number of fused-ring (bicyclic) bond motifs is 3. The van der Waals surface area contributed by atoms with Gasteiger partial charge in [-0.3, -0.25) is 0 Å². The standard InChI is InChI=1S/C25H30O2.4C2H6/c26-19-13-9-17(10-14-19)25(18-11-15-20(27)16-12-18)23-7-3-1-5-21(23)22-6-2-4-8-24(22)25;4*1-2/h1-8,17-20,26-27H,9-16H2;4*1-2H3. The molecule has 0 radical (unpaired) electrons. The molecule has 35 heavy (non-hydrogen) atoms. The Labute approximate surface area is 217 Å². The largest absolute Gasteiger partial charge is 0.393 e. The van der Waals surface area contributed by atoms with Crippen LogP contribution in [-0.2, 0) is 5.41 Å². The number of hydrogen-bond donors (Lipinski definition) is 2. The quantitative estimate of drug-likeness (QED) is 0.448. The van der Waals surface area contributed by atoms with E-state index >= 15 is 0 Å². The van der Waals surface area contributed by atoms with Crippen molar-refractivity contribution in [2.24, 2.45) is 11.8 Å². The SMILES string of the molecule is CC.CC.CC.CC.OC1CCC(C2(C3CCC(O)CC3)c3ccccc3-c3ccccc32)CC1. The molecular formula is C33H54O2. The monoisotopic (exact) mass is 482 g/mol. The fourth-order valence-corrected chi connectivity index (χ4v) is 6.58. The average molecular weight is 483 g/mol. The Hall–Kier alpha value is -1.64. The lowest BCUT2D eigenvalue weighted by Crippen LogP contribution is -2.45. The molecule has 2 heteroatoms. The summed E-state index contributed by atoms with van der Waals surface area (Å²) < 4.78 is 0. The number of benzene rings is 2. The van der Waals surface area contributed by atoms with Crippen molar-refractivity contribution < 1.29 is 10.2 Å². The molecule has 0 heterocycles. The summed E-state index contributed by atoms with van der Waals surface area (Å²) in [6.07, 6.45) is 7.84. The molecule has 3 aliphatic rings. The number of aliphatic hydroxyl groups is 2. The average Bonchev–Trinajstić information content (AvgIpc) is 3.25. The van der Waals surface area contributed by atoms with Crippen LogP contribution >= 0.6 is 0 Å². The Morgan fingerprint density at radius 2 is 0.771 bits per heavy atom. The van der Waals surface area contributed by atoms with Gasteiger partial charge in [-0.1, -0.05) is 104 Å². The molecule has 0 unspecified atom stereocenters. The molecule has 0 aliphatic heterocycles. The Kier molecular flexibility index (Phi) is 14.5. The van der Waals surface area contributed by atoms with Crippen LogP contribution in [-0.4, -0.2) is 22.4 Å². The molecule has 5 rings (SSSR count). The van der Waals surface area contributed by atoms with Crippen molar-refractivity contribution >= 4 is 0 Å². The van der Waals surface area contributed by atoms with Gasteiger partial charge >= 0.3 is 0 Å². The number of rotatable bonds is 2. The van der Waals surface area contributed by atoms with E-state index < -0.39 is 0 Å². The minimum Gasteiger partial charge on any atom is -0.393 e. The zero-order valence-electron chi connectivity index (χ0n) is 24.0. The predicted molar refractivity (Wildman–Crippen MR) is 154 cm³/mol. The molecule has 2 aromatic carbocycles. The van der Waals surface area contributed by atoms with Crippen molar-refractivity contribution in [2.45, 2.75) is 124 Å². The first-order chi connectivity index (χ1) is 17.2. The van der Waals surface area contributed by atoms with Crippen molar-refractivity contribution in [1.29, 1.82) is 0 Å². The van der Waals surface area contributed by atoms with Gasteiger partial charge in [-0.05, 0) is 85.5 Å². The van der Waals surface area contributed by atoms with Crippen molar-refractivity contribution in [2.75, 3.05) is 0 Å². The first-order valence-corrected chi connectivity index (χ1v) is 14.8. The van der Waals surface area contributed by atoms with Crippen LogP contribution in [0.25, 0.3) is 11.1 Å². The van der Waals surface area contributed by atoms with Gasteiger partial charge in [0.15, 0.2) is 0 Å². The highest BCUT2D eigenvalue weighted by Crippen LogP contribution is 2.61. The zero-order valence-corrected chi connectivity index (χ0v) is 24.0. The van der Waals surface area contributed by atoms with E-state index in [2.05, 4.69) is 48.5 Å². The minimum absolute atomic E-state index is 0.0491. The Balaban J connectivity index is 0.000000699. The van der Waals surface area contributed by atoms with Crippen LogP contribution in [0.15, 0.2) is 48.5 Å². The number of hydrogen-bond acceptors (Lipinski definition) is 2. The minimum atomic E-state index is -0.127. The maximum absolute atomic E-state index is 10.2. The van der Waals surface area contributed by atoms with Crippen molar-refractivity contribution in [1.82, 2.24) is 0 Å². The molecule has 2 saturated carbocycles. The van der Waals surface area contributed by atoms with Gasteiger partial charge < -0.3 is 10.2 Å². The predicted octanol–water partition coefficient (Wildman–Crippen LogP) is 9.16. The number of aliphatic hydroxyl groups excluding tert-OH is 2. The maximum atomic E-state index is 10.2. The molecule has 0 amide bonds. The van der Waals surface area contributed by atoms with E-state index in [4.69, 9.17) is 0 Å². The molecule has 198 valence electrons. The summed E-state index contributed by atoms with van der Waals surface area (Å²) in [6.45, 7) is 16.0. The van der Waals surface area contributed by atoms with Gasteiger partial charge in [0.05, 0.1) is 12.2 Å². The van der Waals surface area contributed by atoms with Gasteiger partial charge in [0, 0.05) is 5.41 Å². The third kappa shape index (κ3) is 6.38. The Morgan fingerprint density at radius 3 is 1.09 bits per heavy atom. The molecule has 0 atom stereocenters. The van der Waals surface area contributed by atoms with E-state index in [0.29, 0.717) is 11.8 Å². The molecule has 0 saturated heterocycles. The van der Waals surface area contributed by atoms with Crippen LogP contribution in [0.5, 0.6) is 0 Å². The highest BCUT2D eigenvalue weighted by Gasteiger charge is 2.53. The lowest BCUT2D eigenvalue weighted by atomic mass is 9.54. The van der Waals surface area contributed by atoms with Gasteiger partial charge in [0.2, 0.25) is 0 Å². The summed E-state index contributed by atoms with van der Waals surface area (Å²) in [5.74, 6) is 1.15. The van der Waals surface area contributed by atoms with E-state index in [1.807, 2.05) is 55.4 Å². The molecule has 3 aliphatic carbocycles. The first-order valence-electron chi connectivity index (χ1n) is 14.8. The van der Waals surface area contributed by atoms with Crippen LogP contribution in [0.4, 0.5) is 0 Å². The zero-order chi connectivity index (χ0) is 26.4. The maximum Gasteiger partial charge on any atom is 0.0540 e. The molecule has 0 aromatic heterocycles. The van der Waals surface area contributed by atoms with E-state index in [1.54, 1.807) is 0 Å². The van der Waals surface area contributed by atoms with Crippen molar-refractivity contribution in [3.05, 3.63) is 59.7 Å². The summed E-state index contributed by atoms with van der Waals surface area (Å²) >= 11 is 0. The van der Waals surface area contributed by atoms with Gasteiger partial charge in [0.1, 0.15) is 0 Å². The molecular weight excluding hydrogens is 428 g/mol. The van der Waals surface area contributed by atoms with Crippen molar-refractivity contribution in [3.63, 3.8) is 0 Å². The lowest BCUT2D eigenvalue weighted by Gasteiger charge is -2.49. The van der Waals surface area contributed by atoms with Gasteiger partial charge in [-0.15, -0.1) is 0 Å². The molecule has 2 N–H and O–H groups in total. The second kappa shape index (κ2) is 16.2. The van der Waals surface area contributed by atoms with E-state index in [0.717, 1.165) is 51.4 Å². The summed E-state index contributed by atoms with van der Waals surface area (Å²) in [5, 5.41) is 20.3. The van der Waals surface area contributed by atoms with Crippen LogP contribution in [0.3, 0.4) is 0 Å². The van der Waals surface area contributed by atoms with Gasteiger partial charge in [-0.25, -0.2) is 0 Å². The third-order valence-electron chi connectivity index (χ3n) is 7.72. The van der Waals surface area contributed by atoms with Crippen LogP contribution in [0.2, 0.25) is 0 Å². The van der Waals surface area contributed by atoms with Gasteiger partial charge in [-0.2, -0.15) is 0 Å². The first kappa shape index (κ1) is 31.4. The molecule has 0 spiro atoms. The van der Waals surface area contributed by atoms with Crippen LogP contribution in [0, 0.1) is 11.8 Å². The highest BCUT2D eigenvalue weighted by atomic mass is 16.3. The molecule has 2 nitrogen and oxygen atoms in total. The van der Waals surface area contributed by atoms with Crippen molar-refractivity contribution in [3.8, 4) is 11.1 Å². The van der Waals surface area contributed by atoms with E-state index in [-0.39, 0.29) is 17.6 Å². The Morgan fingerprint density at radius 1 is 0.486 bits per heavy atom.